The van der Waals surface area contributed by atoms with Gasteiger partial charge in [-0.15, -0.1) is 0 Å². The number of amides is 1. The standard InChI is InChI=1S/C15H20N2O/c1-17(10-11-5-3-2-4-6-11)15(18)13-9-12-7-8-14(13)16-12/h2-6,12-14,16H,7-10H2,1H3. The van der Waals surface area contributed by atoms with E-state index in [1.54, 1.807) is 0 Å². The second-order valence-corrected chi connectivity index (χ2v) is 5.57. The van der Waals surface area contributed by atoms with Crippen molar-refractivity contribution in [2.24, 2.45) is 5.92 Å². The molecule has 1 amide bonds. The number of benzene rings is 1. The number of nitrogens with one attached hydrogen (secondary N) is 1. The van der Waals surface area contributed by atoms with Gasteiger partial charge >= 0.3 is 0 Å². The second-order valence-electron chi connectivity index (χ2n) is 5.57. The summed E-state index contributed by atoms with van der Waals surface area (Å²) in [6, 6.07) is 11.2. The van der Waals surface area contributed by atoms with Gasteiger partial charge in [0.15, 0.2) is 0 Å². The molecule has 2 heterocycles. The van der Waals surface area contributed by atoms with Gasteiger partial charge < -0.3 is 10.2 Å². The van der Waals surface area contributed by atoms with Crippen molar-refractivity contribution in [3.05, 3.63) is 35.9 Å². The summed E-state index contributed by atoms with van der Waals surface area (Å²) in [7, 11) is 1.92. The van der Waals surface area contributed by atoms with E-state index in [1.165, 1.54) is 18.4 Å². The minimum Gasteiger partial charge on any atom is -0.341 e. The van der Waals surface area contributed by atoms with E-state index >= 15 is 0 Å². The number of carbonyl (C=O) groups excluding carboxylic acids is 1. The predicted octanol–water partition coefficient (Wildman–Crippen LogP) is 1.79. The summed E-state index contributed by atoms with van der Waals surface area (Å²) in [6.45, 7) is 0.716. The molecule has 0 aliphatic carbocycles. The van der Waals surface area contributed by atoms with Crippen LogP contribution in [0.15, 0.2) is 30.3 Å². The van der Waals surface area contributed by atoms with Gasteiger partial charge in [-0.2, -0.15) is 0 Å². The molecule has 2 aliphatic heterocycles. The van der Waals surface area contributed by atoms with Crippen molar-refractivity contribution in [3.8, 4) is 0 Å². The van der Waals surface area contributed by atoms with Crippen LogP contribution in [0.2, 0.25) is 0 Å². The third-order valence-electron chi connectivity index (χ3n) is 4.26. The Kier molecular flexibility index (Phi) is 3.08. The molecule has 1 aromatic carbocycles. The molecule has 2 aliphatic rings. The zero-order valence-electron chi connectivity index (χ0n) is 10.8. The summed E-state index contributed by atoms with van der Waals surface area (Å²) in [5.74, 6) is 0.510. The molecule has 3 atom stereocenters. The summed E-state index contributed by atoms with van der Waals surface area (Å²) in [5, 5.41) is 3.53. The van der Waals surface area contributed by atoms with Gasteiger partial charge in [0.05, 0.1) is 5.92 Å². The van der Waals surface area contributed by atoms with Crippen molar-refractivity contribution >= 4 is 5.91 Å². The summed E-state index contributed by atoms with van der Waals surface area (Å²) in [6.07, 6.45) is 3.44. The lowest BCUT2D eigenvalue weighted by Gasteiger charge is -2.25. The highest BCUT2D eigenvalue weighted by Gasteiger charge is 2.43. The van der Waals surface area contributed by atoms with Crippen molar-refractivity contribution in [1.29, 1.82) is 0 Å². The van der Waals surface area contributed by atoms with Gasteiger partial charge in [-0.1, -0.05) is 30.3 Å². The van der Waals surface area contributed by atoms with Gasteiger partial charge in [-0.05, 0) is 24.8 Å². The lowest BCUT2D eigenvalue weighted by atomic mass is 9.88. The Balaban J connectivity index is 1.62. The monoisotopic (exact) mass is 244 g/mol. The number of carbonyl (C=O) groups is 1. The van der Waals surface area contributed by atoms with Gasteiger partial charge in [-0.3, -0.25) is 4.79 Å². The summed E-state index contributed by atoms with van der Waals surface area (Å²) in [4.78, 5) is 14.3. The molecule has 2 fully saturated rings. The molecule has 3 nitrogen and oxygen atoms in total. The minimum absolute atomic E-state index is 0.206. The molecule has 1 aromatic rings. The third-order valence-corrected chi connectivity index (χ3v) is 4.26. The van der Waals surface area contributed by atoms with Crippen LogP contribution < -0.4 is 5.32 Å². The molecule has 2 saturated heterocycles. The van der Waals surface area contributed by atoms with Gasteiger partial charge in [0.1, 0.15) is 0 Å². The molecular weight excluding hydrogens is 224 g/mol. The maximum absolute atomic E-state index is 12.4. The van der Waals surface area contributed by atoms with Crippen LogP contribution in [0.25, 0.3) is 0 Å². The Morgan fingerprint density at radius 2 is 2.11 bits per heavy atom. The highest BCUT2D eigenvalue weighted by molar-refractivity contribution is 5.80. The maximum Gasteiger partial charge on any atom is 0.227 e. The summed E-state index contributed by atoms with van der Waals surface area (Å²) < 4.78 is 0. The van der Waals surface area contributed by atoms with Crippen molar-refractivity contribution in [2.75, 3.05) is 7.05 Å². The van der Waals surface area contributed by atoms with Crippen molar-refractivity contribution < 1.29 is 4.79 Å². The van der Waals surface area contributed by atoms with E-state index in [-0.39, 0.29) is 5.92 Å². The fraction of sp³-hybridized carbons (Fsp3) is 0.533. The number of hydrogen-bond donors (Lipinski definition) is 1. The van der Waals surface area contributed by atoms with Crippen LogP contribution in [0.3, 0.4) is 0 Å². The second kappa shape index (κ2) is 4.73. The first kappa shape index (κ1) is 11.7. The van der Waals surface area contributed by atoms with Crippen LogP contribution in [0.4, 0.5) is 0 Å². The Morgan fingerprint density at radius 1 is 1.33 bits per heavy atom. The normalized spacial score (nSPS) is 29.5. The first-order valence-electron chi connectivity index (χ1n) is 6.79. The topological polar surface area (TPSA) is 32.3 Å². The van der Waals surface area contributed by atoms with Crippen LogP contribution >= 0.6 is 0 Å². The molecule has 96 valence electrons. The smallest absolute Gasteiger partial charge is 0.227 e. The van der Waals surface area contributed by atoms with Crippen LogP contribution in [0, 0.1) is 5.92 Å². The molecule has 2 bridgehead atoms. The van der Waals surface area contributed by atoms with E-state index in [1.807, 2.05) is 30.1 Å². The highest BCUT2D eigenvalue weighted by Crippen LogP contribution is 2.34. The fourth-order valence-electron chi connectivity index (χ4n) is 3.32. The van der Waals surface area contributed by atoms with Crippen LogP contribution in [0.1, 0.15) is 24.8 Å². The van der Waals surface area contributed by atoms with E-state index in [2.05, 4.69) is 17.4 Å². The predicted molar refractivity (Wildman–Crippen MR) is 71.0 cm³/mol. The fourth-order valence-corrected chi connectivity index (χ4v) is 3.32. The molecule has 0 spiro atoms. The first-order chi connectivity index (χ1) is 8.74. The lowest BCUT2D eigenvalue weighted by molar-refractivity contribution is -0.135. The molecule has 3 rings (SSSR count). The molecule has 18 heavy (non-hydrogen) atoms. The number of rotatable bonds is 3. The van der Waals surface area contributed by atoms with Crippen molar-refractivity contribution in [1.82, 2.24) is 10.2 Å². The van der Waals surface area contributed by atoms with Crippen LogP contribution in [-0.4, -0.2) is 29.9 Å². The molecule has 3 heteroatoms. The van der Waals surface area contributed by atoms with Gasteiger partial charge in [0.2, 0.25) is 5.91 Å². The number of nitrogens with zero attached hydrogens (tertiary/aromatic N) is 1. The molecule has 0 radical (unpaired) electrons. The first-order valence-corrected chi connectivity index (χ1v) is 6.79. The molecule has 0 saturated carbocycles. The maximum atomic E-state index is 12.4. The van der Waals surface area contributed by atoms with Crippen molar-refractivity contribution in [2.45, 2.75) is 37.9 Å². The van der Waals surface area contributed by atoms with Gasteiger partial charge in [0, 0.05) is 25.7 Å². The van der Waals surface area contributed by atoms with E-state index in [9.17, 15) is 4.79 Å². The van der Waals surface area contributed by atoms with Crippen molar-refractivity contribution in [3.63, 3.8) is 0 Å². The van der Waals surface area contributed by atoms with E-state index in [0.717, 1.165) is 6.42 Å². The Morgan fingerprint density at radius 3 is 2.72 bits per heavy atom. The lowest BCUT2D eigenvalue weighted by Crippen LogP contribution is -2.38. The minimum atomic E-state index is 0.206. The zero-order valence-corrected chi connectivity index (χ0v) is 10.8. The van der Waals surface area contributed by atoms with E-state index in [4.69, 9.17) is 0 Å². The third kappa shape index (κ3) is 2.15. The average molecular weight is 244 g/mol. The Bertz CT molecular complexity index is 431. The SMILES string of the molecule is CN(Cc1ccccc1)C(=O)C1CC2CCC1N2. The number of hydrogen-bond acceptors (Lipinski definition) is 2. The molecule has 0 aromatic heterocycles. The summed E-state index contributed by atoms with van der Waals surface area (Å²) in [5.41, 5.74) is 1.20. The van der Waals surface area contributed by atoms with E-state index < -0.39 is 0 Å². The Hall–Kier alpha value is -1.35. The molecular formula is C15H20N2O. The Labute approximate surface area is 108 Å². The van der Waals surface area contributed by atoms with Crippen LogP contribution in [0.5, 0.6) is 0 Å². The largest absolute Gasteiger partial charge is 0.341 e. The average Bonchev–Trinajstić information content (AvgIpc) is 3.01. The molecule has 1 N–H and O–H groups in total. The highest BCUT2D eigenvalue weighted by atomic mass is 16.2. The van der Waals surface area contributed by atoms with Gasteiger partial charge in [-0.25, -0.2) is 0 Å². The summed E-state index contributed by atoms with van der Waals surface area (Å²) >= 11 is 0. The zero-order chi connectivity index (χ0) is 12.5. The van der Waals surface area contributed by atoms with Gasteiger partial charge in [0.25, 0.3) is 0 Å². The molecule has 3 unspecified atom stereocenters. The number of fused-ring (bicyclic) bond motifs is 2. The quantitative estimate of drug-likeness (QED) is 0.879. The van der Waals surface area contributed by atoms with E-state index in [0.29, 0.717) is 24.5 Å². The van der Waals surface area contributed by atoms with Crippen LogP contribution in [-0.2, 0) is 11.3 Å².